The maximum atomic E-state index is 11.8. The molecule has 0 aromatic heterocycles. The Morgan fingerprint density at radius 1 is 1.12 bits per heavy atom. The quantitative estimate of drug-likeness (QED) is 0.824. The van der Waals surface area contributed by atoms with Gasteiger partial charge in [0.15, 0.2) is 11.1 Å². The highest BCUT2D eigenvalue weighted by atomic mass is 32.2. The van der Waals surface area contributed by atoms with E-state index < -0.39 is 11.1 Å². The first-order valence-electron chi connectivity index (χ1n) is 5.83. The highest BCUT2D eigenvalue weighted by Crippen LogP contribution is 2.20. The minimum Gasteiger partial charge on any atom is -0.285 e. The Morgan fingerprint density at radius 3 is 2.00 bits per heavy atom. The normalized spacial score (nSPS) is 13.8. The van der Waals surface area contributed by atoms with E-state index in [-0.39, 0.29) is 4.75 Å². The summed E-state index contributed by atoms with van der Waals surface area (Å²) in [5, 5.41) is 0. The van der Waals surface area contributed by atoms with Gasteiger partial charge < -0.3 is 0 Å². The molecule has 0 spiro atoms. The van der Waals surface area contributed by atoms with Gasteiger partial charge in [-0.2, -0.15) is 0 Å². The molecule has 0 aliphatic heterocycles. The Balaban J connectivity index is 2.80. The first-order valence-corrected chi connectivity index (χ1v) is 6.91. The van der Waals surface area contributed by atoms with E-state index >= 15 is 0 Å². The summed E-state index contributed by atoms with van der Waals surface area (Å²) in [6, 6.07) is 4.26. The lowest BCUT2D eigenvalue weighted by atomic mass is 10.0. The Hall–Kier alpha value is -0.670. The van der Waals surface area contributed by atoms with Gasteiger partial charge in [0.2, 0.25) is 0 Å². The fraction of sp³-hybridized carbons (Fsp3) is 0.571. The maximum Gasteiger partial charge on any atom is 0.161 e. The van der Waals surface area contributed by atoms with Crippen molar-refractivity contribution in [2.45, 2.75) is 52.9 Å². The molecular weight excluding hydrogens is 232 g/mol. The number of aryl methyl sites for hydroxylation is 3. The topological polar surface area (TPSA) is 26.3 Å². The molecule has 0 aliphatic rings. The molecule has 0 saturated heterocycles. The molecule has 1 rings (SSSR count). The van der Waals surface area contributed by atoms with Crippen molar-refractivity contribution < 1.29 is 8.39 Å². The number of hydrogen-bond donors (Lipinski definition) is 0. The van der Waals surface area contributed by atoms with Crippen molar-refractivity contribution in [3.8, 4) is 0 Å². The second-order valence-corrected chi connectivity index (χ2v) is 7.42. The van der Waals surface area contributed by atoms with Crippen LogP contribution in [0.4, 0.5) is 0 Å². The summed E-state index contributed by atoms with van der Waals surface area (Å²) in [4.78, 5) is 0. The van der Waals surface area contributed by atoms with Gasteiger partial charge in [0, 0.05) is 0 Å². The van der Waals surface area contributed by atoms with Crippen LogP contribution in [0.1, 0.15) is 43.0 Å². The molecule has 0 saturated carbocycles. The van der Waals surface area contributed by atoms with Gasteiger partial charge in [-0.05, 0) is 58.2 Å². The van der Waals surface area contributed by atoms with Gasteiger partial charge in [0.1, 0.15) is 0 Å². The molecule has 0 N–H and O–H groups in total. The van der Waals surface area contributed by atoms with E-state index in [1.165, 1.54) is 16.7 Å². The first kappa shape index (κ1) is 14.4. The van der Waals surface area contributed by atoms with Crippen molar-refractivity contribution in [3.63, 3.8) is 0 Å². The zero-order valence-corrected chi connectivity index (χ0v) is 12.4. The van der Waals surface area contributed by atoms with Crippen molar-refractivity contribution in [1.82, 2.24) is 0 Å². The molecular formula is C14H22O2S. The third kappa shape index (κ3) is 3.93. The van der Waals surface area contributed by atoms with Crippen molar-refractivity contribution in [1.29, 1.82) is 0 Å². The predicted molar refractivity (Wildman–Crippen MR) is 73.3 cm³/mol. The van der Waals surface area contributed by atoms with Crippen LogP contribution in [-0.2, 0) is 21.9 Å². The maximum absolute atomic E-state index is 11.8. The SMILES string of the molecule is Cc1cc(C)c(COS(=O)C(C)(C)C)c(C)c1. The molecule has 96 valence electrons. The van der Waals surface area contributed by atoms with Crippen LogP contribution in [0.25, 0.3) is 0 Å². The molecule has 2 nitrogen and oxygen atoms in total. The van der Waals surface area contributed by atoms with E-state index in [1.54, 1.807) is 0 Å². The molecule has 0 fully saturated rings. The summed E-state index contributed by atoms with van der Waals surface area (Å²) >= 11 is -1.26. The highest BCUT2D eigenvalue weighted by molar-refractivity contribution is 7.81. The summed E-state index contributed by atoms with van der Waals surface area (Å²) in [7, 11) is 0. The van der Waals surface area contributed by atoms with Crippen molar-refractivity contribution in [2.24, 2.45) is 0 Å². The van der Waals surface area contributed by atoms with Crippen LogP contribution in [0.3, 0.4) is 0 Å². The second kappa shape index (κ2) is 5.32. The standard InChI is InChI=1S/C14H22O2S/c1-10-7-11(2)13(12(3)8-10)9-16-17(15)14(4,5)6/h7-8H,9H2,1-6H3. The molecule has 0 bridgehead atoms. The van der Waals surface area contributed by atoms with E-state index in [0.29, 0.717) is 6.61 Å². The van der Waals surface area contributed by atoms with Crippen LogP contribution in [0.15, 0.2) is 12.1 Å². The summed E-state index contributed by atoms with van der Waals surface area (Å²) in [6.45, 7) is 12.4. The van der Waals surface area contributed by atoms with E-state index in [2.05, 4.69) is 32.9 Å². The van der Waals surface area contributed by atoms with Crippen molar-refractivity contribution in [3.05, 3.63) is 34.4 Å². The molecule has 0 radical (unpaired) electrons. The summed E-state index contributed by atoms with van der Waals surface area (Å²) < 4.78 is 17.0. The fourth-order valence-electron chi connectivity index (χ4n) is 1.73. The zero-order chi connectivity index (χ0) is 13.2. The molecule has 1 unspecified atom stereocenters. The molecule has 0 heterocycles. The van der Waals surface area contributed by atoms with E-state index in [1.807, 2.05) is 20.8 Å². The molecule has 3 heteroatoms. The fourth-order valence-corrected chi connectivity index (χ4v) is 2.31. The smallest absolute Gasteiger partial charge is 0.161 e. The van der Waals surface area contributed by atoms with E-state index in [9.17, 15) is 4.21 Å². The Bertz CT molecular complexity index is 407. The molecule has 1 atom stereocenters. The highest BCUT2D eigenvalue weighted by Gasteiger charge is 2.21. The molecule has 0 amide bonds. The monoisotopic (exact) mass is 254 g/mol. The lowest BCUT2D eigenvalue weighted by Gasteiger charge is -2.18. The van der Waals surface area contributed by atoms with Crippen LogP contribution in [-0.4, -0.2) is 8.96 Å². The van der Waals surface area contributed by atoms with E-state index in [4.69, 9.17) is 4.18 Å². The van der Waals surface area contributed by atoms with Gasteiger partial charge in [0.25, 0.3) is 0 Å². The second-order valence-electron chi connectivity index (χ2n) is 5.49. The number of hydrogen-bond acceptors (Lipinski definition) is 2. The van der Waals surface area contributed by atoms with Crippen LogP contribution >= 0.6 is 0 Å². The lowest BCUT2D eigenvalue weighted by Crippen LogP contribution is -2.23. The van der Waals surface area contributed by atoms with Crippen LogP contribution in [0.5, 0.6) is 0 Å². The summed E-state index contributed by atoms with van der Waals surface area (Å²) in [5.74, 6) is 0. The minimum atomic E-state index is -1.26. The molecule has 0 aliphatic carbocycles. The summed E-state index contributed by atoms with van der Waals surface area (Å²) in [6.07, 6.45) is 0. The number of benzene rings is 1. The zero-order valence-electron chi connectivity index (χ0n) is 11.6. The third-order valence-electron chi connectivity index (χ3n) is 2.65. The predicted octanol–water partition coefficient (Wildman–Crippen LogP) is 3.59. The first-order chi connectivity index (χ1) is 7.71. The number of rotatable bonds is 3. The third-order valence-corrected chi connectivity index (χ3v) is 3.98. The Kier molecular flexibility index (Phi) is 4.50. The van der Waals surface area contributed by atoms with Crippen molar-refractivity contribution >= 4 is 11.1 Å². The van der Waals surface area contributed by atoms with E-state index in [0.717, 1.165) is 5.56 Å². The Labute approximate surface area is 107 Å². The molecule has 17 heavy (non-hydrogen) atoms. The molecule has 1 aromatic rings. The van der Waals surface area contributed by atoms with Crippen LogP contribution in [0, 0.1) is 20.8 Å². The van der Waals surface area contributed by atoms with Crippen molar-refractivity contribution in [2.75, 3.05) is 0 Å². The largest absolute Gasteiger partial charge is 0.285 e. The van der Waals surface area contributed by atoms with Gasteiger partial charge in [-0.25, -0.2) is 4.21 Å². The average molecular weight is 254 g/mol. The summed E-state index contributed by atoms with van der Waals surface area (Å²) in [5.41, 5.74) is 4.80. The minimum absolute atomic E-state index is 0.327. The Morgan fingerprint density at radius 2 is 1.59 bits per heavy atom. The average Bonchev–Trinajstić information content (AvgIpc) is 2.13. The lowest BCUT2D eigenvalue weighted by molar-refractivity contribution is 0.324. The van der Waals surface area contributed by atoms with Gasteiger partial charge in [0.05, 0.1) is 11.4 Å². The van der Waals surface area contributed by atoms with Crippen LogP contribution < -0.4 is 0 Å². The van der Waals surface area contributed by atoms with Gasteiger partial charge in [-0.3, -0.25) is 4.18 Å². The van der Waals surface area contributed by atoms with Crippen LogP contribution in [0.2, 0.25) is 0 Å². The van der Waals surface area contributed by atoms with Gasteiger partial charge >= 0.3 is 0 Å². The molecule has 1 aromatic carbocycles. The van der Waals surface area contributed by atoms with Gasteiger partial charge in [-0.15, -0.1) is 0 Å². The van der Waals surface area contributed by atoms with Gasteiger partial charge in [-0.1, -0.05) is 17.7 Å².